The van der Waals surface area contributed by atoms with Crippen LogP contribution in [0.2, 0.25) is 0 Å². The van der Waals surface area contributed by atoms with Gasteiger partial charge in [0.1, 0.15) is 23.0 Å². The van der Waals surface area contributed by atoms with Crippen molar-refractivity contribution in [2.24, 2.45) is 5.41 Å². The summed E-state index contributed by atoms with van der Waals surface area (Å²) in [6.07, 6.45) is 12.2. The molecule has 3 aromatic rings. The van der Waals surface area contributed by atoms with Crippen LogP contribution in [0.1, 0.15) is 51.9 Å². The monoisotopic (exact) mass is 436 g/mol. The zero-order chi connectivity index (χ0) is 22.1. The Morgan fingerprint density at radius 3 is 2.84 bits per heavy atom. The second kappa shape index (κ2) is 8.48. The molecule has 7 nitrogen and oxygen atoms in total. The highest BCUT2D eigenvalue weighted by Crippen LogP contribution is 2.38. The van der Waals surface area contributed by atoms with E-state index in [4.69, 9.17) is 0 Å². The summed E-state index contributed by atoms with van der Waals surface area (Å²) < 4.78 is 15.4. The van der Waals surface area contributed by atoms with Crippen LogP contribution in [0.3, 0.4) is 0 Å². The molecule has 1 saturated heterocycles. The van der Waals surface area contributed by atoms with Crippen LogP contribution in [0, 0.1) is 11.2 Å². The van der Waals surface area contributed by atoms with Gasteiger partial charge in [-0.25, -0.2) is 19.3 Å². The van der Waals surface area contributed by atoms with Crippen molar-refractivity contribution < 1.29 is 9.18 Å². The molecule has 1 aliphatic carbocycles. The summed E-state index contributed by atoms with van der Waals surface area (Å²) in [4.78, 5) is 28.6. The molecule has 1 amide bonds. The molecule has 0 bridgehead atoms. The van der Waals surface area contributed by atoms with E-state index < -0.39 is 0 Å². The summed E-state index contributed by atoms with van der Waals surface area (Å²) in [5.74, 6) is 1.14. The van der Waals surface area contributed by atoms with Crippen molar-refractivity contribution >= 4 is 17.4 Å². The largest absolute Gasteiger partial charge is 0.365 e. The van der Waals surface area contributed by atoms with Crippen LogP contribution in [-0.4, -0.2) is 49.3 Å². The molecule has 0 unspecified atom stereocenters. The Labute approximate surface area is 187 Å². The number of carbonyl (C=O) groups excluding carboxylic acids is 1. The van der Waals surface area contributed by atoms with E-state index in [1.54, 1.807) is 22.9 Å². The van der Waals surface area contributed by atoms with Gasteiger partial charge in [0.05, 0.1) is 6.20 Å². The van der Waals surface area contributed by atoms with E-state index in [-0.39, 0.29) is 17.3 Å². The predicted octanol–water partition coefficient (Wildman–Crippen LogP) is 4.30. The van der Waals surface area contributed by atoms with Gasteiger partial charge in [-0.2, -0.15) is 0 Å². The van der Waals surface area contributed by atoms with Crippen molar-refractivity contribution in [1.29, 1.82) is 0 Å². The normalized spacial score (nSPS) is 20.9. The van der Waals surface area contributed by atoms with E-state index in [0.717, 1.165) is 45.1 Å². The number of likely N-dealkylation sites (tertiary alicyclic amines) is 1. The van der Waals surface area contributed by atoms with Gasteiger partial charge >= 0.3 is 0 Å². The number of nitrogens with one attached hydrogen (secondary N) is 1. The molecule has 1 atom stereocenters. The highest BCUT2D eigenvalue weighted by Gasteiger charge is 2.39. The van der Waals surface area contributed by atoms with Crippen molar-refractivity contribution in [2.45, 2.75) is 57.9 Å². The minimum Gasteiger partial charge on any atom is -0.365 e. The Morgan fingerprint density at radius 2 is 2.00 bits per heavy atom. The third-order valence-electron chi connectivity index (χ3n) is 6.89. The van der Waals surface area contributed by atoms with Crippen LogP contribution < -0.4 is 5.32 Å². The molecule has 5 rings (SSSR count). The lowest BCUT2D eigenvalue weighted by atomic mass is 9.74. The number of piperidine rings is 1. The highest BCUT2D eigenvalue weighted by atomic mass is 19.1. The maximum atomic E-state index is 13.7. The second-order valence-corrected chi connectivity index (χ2v) is 9.34. The average molecular weight is 437 g/mol. The van der Waals surface area contributed by atoms with Gasteiger partial charge in [0.25, 0.3) is 0 Å². The zero-order valence-electron chi connectivity index (χ0n) is 18.4. The van der Waals surface area contributed by atoms with Crippen LogP contribution in [0.15, 0.2) is 36.8 Å². The third kappa shape index (κ3) is 4.06. The summed E-state index contributed by atoms with van der Waals surface area (Å²) in [6, 6.07) is 4.98. The van der Waals surface area contributed by atoms with Gasteiger partial charge in [0.2, 0.25) is 5.91 Å². The first kappa shape index (κ1) is 20.8. The van der Waals surface area contributed by atoms with Crippen molar-refractivity contribution in [3.8, 4) is 11.5 Å². The van der Waals surface area contributed by atoms with Gasteiger partial charge in [-0.15, -0.1) is 0 Å². The summed E-state index contributed by atoms with van der Waals surface area (Å²) in [6.45, 7) is 3.66. The molecule has 168 valence electrons. The number of nitrogens with zero attached hydrogens (tertiary/aromatic N) is 5. The molecule has 0 radical (unpaired) electrons. The number of anilines is 1. The van der Waals surface area contributed by atoms with Crippen LogP contribution in [0.25, 0.3) is 17.2 Å². The standard InChI is InChI=1S/C24H29FN6O/c1-24(10-3-2-4-11-24)23(32)30-13-5-6-18(16-30)28-20-9-12-26-22(29-20)19-14-27-21-8-7-17(25)15-31(19)21/h7-9,12,14-15,18H,2-6,10-11,13,16H2,1H3,(H,26,28,29)/t18-/m1/s1. The third-order valence-corrected chi connectivity index (χ3v) is 6.89. The molecule has 3 aromatic heterocycles. The van der Waals surface area contributed by atoms with Crippen LogP contribution >= 0.6 is 0 Å². The Morgan fingerprint density at radius 1 is 1.16 bits per heavy atom. The highest BCUT2D eigenvalue weighted by molar-refractivity contribution is 5.82. The lowest BCUT2D eigenvalue weighted by molar-refractivity contribution is -0.144. The average Bonchev–Trinajstić information content (AvgIpc) is 3.22. The number of fused-ring (bicyclic) bond motifs is 1. The van der Waals surface area contributed by atoms with E-state index in [0.29, 0.717) is 35.4 Å². The van der Waals surface area contributed by atoms with Gasteiger partial charge in [-0.05, 0) is 43.9 Å². The fourth-order valence-corrected chi connectivity index (χ4v) is 5.10. The number of hydrogen-bond acceptors (Lipinski definition) is 5. The van der Waals surface area contributed by atoms with E-state index in [9.17, 15) is 9.18 Å². The van der Waals surface area contributed by atoms with Gasteiger partial charge in [-0.1, -0.05) is 26.2 Å². The predicted molar refractivity (Wildman–Crippen MR) is 121 cm³/mol. The van der Waals surface area contributed by atoms with Crippen molar-refractivity contribution in [3.05, 3.63) is 42.6 Å². The number of amides is 1. The Kier molecular flexibility index (Phi) is 5.53. The maximum absolute atomic E-state index is 13.7. The van der Waals surface area contributed by atoms with E-state index >= 15 is 0 Å². The number of pyridine rings is 1. The topological polar surface area (TPSA) is 75.4 Å². The SMILES string of the molecule is CC1(C(=O)N2CCC[C@@H](Nc3ccnc(-c4cnc5ccc(F)cn45)n3)C2)CCCCC1. The van der Waals surface area contributed by atoms with Gasteiger partial charge in [0.15, 0.2) is 5.82 Å². The fourth-order valence-electron chi connectivity index (χ4n) is 5.10. The molecule has 1 aliphatic heterocycles. The smallest absolute Gasteiger partial charge is 0.228 e. The molecule has 2 fully saturated rings. The molecule has 1 N–H and O–H groups in total. The molecular formula is C24H29FN6O. The first-order valence-electron chi connectivity index (χ1n) is 11.5. The van der Waals surface area contributed by atoms with Crippen LogP contribution in [0.5, 0.6) is 0 Å². The Balaban J connectivity index is 1.31. The number of carbonyl (C=O) groups is 1. The zero-order valence-corrected chi connectivity index (χ0v) is 18.4. The number of halogens is 1. The second-order valence-electron chi connectivity index (χ2n) is 9.34. The molecule has 1 saturated carbocycles. The van der Waals surface area contributed by atoms with Crippen molar-refractivity contribution in [3.63, 3.8) is 0 Å². The maximum Gasteiger partial charge on any atom is 0.228 e. The number of aromatic nitrogens is 4. The molecule has 2 aliphatic rings. The quantitative estimate of drug-likeness (QED) is 0.660. The molecule has 32 heavy (non-hydrogen) atoms. The number of hydrogen-bond donors (Lipinski definition) is 1. The van der Waals surface area contributed by atoms with E-state index in [1.807, 2.05) is 11.0 Å². The van der Waals surface area contributed by atoms with Crippen molar-refractivity contribution in [2.75, 3.05) is 18.4 Å². The summed E-state index contributed by atoms with van der Waals surface area (Å²) >= 11 is 0. The van der Waals surface area contributed by atoms with Crippen molar-refractivity contribution in [1.82, 2.24) is 24.3 Å². The molecule has 8 heteroatoms. The lowest BCUT2D eigenvalue weighted by Crippen LogP contribution is -2.50. The Bertz CT molecular complexity index is 1120. The van der Waals surface area contributed by atoms with Gasteiger partial charge in [-0.3, -0.25) is 9.20 Å². The summed E-state index contributed by atoms with van der Waals surface area (Å²) in [5.41, 5.74) is 1.07. The minimum atomic E-state index is -0.343. The Hall–Kier alpha value is -3.03. The van der Waals surface area contributed by atoms with E-state index in [2.05, 4.69) is 27.2 Å². The molecular weight excluding hydrogens is 407 g/mol. The molecule has 0 aromatic carbocycles. The summed E-state index contributed by atoms with van der Waals surface area (Å²) in [5, 5.41) is 3.49. The number of rotatable bonds is 4. The van der Waals surface area contributed by atoms with Crippen LogP contribution in [0.4, 0.5) is 10.2 Å². The first-order valence-corrected chi connectivity index (χ1v) is 11.5. The van der Waals surface area contributed by atoms with Gasteiger partial charge < -0.3 is 10.2 Å². The first-order chi connectivity index (χ1) is 15.5. The molecule has 0 spiro atoms. The number of imidazole rings is 1. The van der Waals surface area contributed by atoms with Gasteiger partial charge in [0, 0.05) is 36.9 Å². The molecule has 4 heterocycles. The summed E-state index contributed by atoms with van der Waals surface area (Å²) in [7, 11) is 0. The lowest BCUT2D eigenvalue weighted by Gasteiger charge is -2.41. The fraction of sp³-hybridized carbons (Fsp3) is 0.500. The minimum absolute atomic E-state index is 0.141. The van der Waals surface area contributed by atoms with E-state index in [1.165, 1.54) is 18.7 Å². The van der Waals surface area contributed by atoms with Crippen LogP contribution in [-0.2, 0) is 4.79 Å².